The Morgan fingerprint density at radius 3 is 2.52 bits per heavy atom. The van der Waals surface area contributed by atoms with Crippen LogP contribution in [0.1, 0.15) is 25.3 Å². The van der Waals surface area contributed by atoms with Gasteiger partial charge in [0.25, 0.3) is 0 Å². The van der Waals surface area contributed by atoms with Crippen LogP contribution in [0.2, 0.25) is 0 Å². The summed E-state index contributed by atoms with van der Waals surface area (Å²) in [5.41, 5.74) is 1.16. The molecular formula is C20H25NO2. The van der Waals surface area contributed by atoms with Crippen molar-refractivity contribution in [3.05, 3.63) is 60.2 Å². The molecule has 0 radical (unpaired) electrons. The minimum Gasteiger partial charge on any atom is -0.486 e. The maximum atomic E-state index is 6.21. The minimum absolute atomic E-state index is 0.185. The fraction of sp³-hybridized carbons (Fsp3) is 0.400. The Balaban J connectivity index is 1.63. The van der Waals surface area contributed by atoms with Gasteiger partial charge in [0.15, 0.2) is 11.5 Å². The first-order chi connectivity index (χ1) is 11.3. The molecule has 1 aliphatic heterocycles. The number of piperidine rings is 1. The molecule has 1 fully saturated rings. The van der Waals surface area contributed by atoms with Crippen molar-refractivity contribution in [3.63, 3.8) is 0 Å². The summed E-state index contributed by atoms with van der Waals surface area (Å²) in [5.74, 6) is 2.21. The van der Waals surface area contributed by atoms with Crippen LogP contribution in [0.3, 0.4) is 0 Å². The lowest BCUT2D eigenvalue weighted by atomic mass is 9.94. The van der Waals surface area contributed by atoms with E-state index in [1.165, 1.54) is 12.8 Å². The van der Waals surface area contributed by atoms with Gasteiger partial charge in [-0.1, -0.05) is 42.5 Å². The Morgan fingerprint density at radius 1 is 1.04 bits per heavy atom. The second-order valence-corrected chi connectivity index (χ2v) is 6.15. The van der Waals surface area contributed by atoms with E-state index >= 15 is 0 Å². The molecule has 1 unspecified atom stereocenters. The van der Waals surface area contributed by atoms with Crippen LogP contribution in [0.5, 0.6) is 11.5 Å². The van der Waals surface area contributed by atoms with E-state index in [1.54, 1.807) is 0 Å². The van der Waals surface area contributed by atoms with Gasteiger partial charge in [0.2, 0.25) is 0 Å². The second kappa shape index (κ2) is 8.02. The molecule has 0 spiro atoms. The molecule has 0 bridgehead atoms. The van der Waals surface area contributed by atoms with Crippen LogP contribution in [0.15, 0.2) is 54.6 Å². The molecule has 0 aliphatic carbocycles. The van der Waals surface area contributed by atoms with E-state index in [0.717, 1.165) is 30.2 Å². The van der Waals surface area contributed by atoms with Crippen molar-refractivity contribution >= 4 is 0 Å². The average molecular weight is 311 g/mol. The second-order valence-electron chi connectivity index (χ2n) is 6.15. The van der Waals surface area contributed by atoms with Crippen LogP contribution in [0.4, 0.5) is 0 Å². The summed E-state index contributed by atoms with van der Waals surface area (Å²) in [7, 11) is 0. The lowest BCUT2D eigenvalue weighted by Gasteiger charge is -2.29. The van der Waals surface area contributed by atoms with Gasteiger partial charge in [-0.15, -0.1) is 0 Å². The third-order valence-electron chi connectivity index (χ3n) is 4.40. The molecule has 0 amide bonds. The molecule has 3 rings (SSSR count). The lowest BCUT2D eigenvalue weighted by Crippen LogP contribution is -2.37. The topological polar surface area (TPSA) is 30.5 Å². The van der Waals surface area contributed by atoms with E-state index in [9.17, 15) is 0 Å². The van der Waals surface area contributed by atoms with Gasteiger partial charge in [-0.05, 0) is 44.0 Å². The average Bonchev–Trinajstić information content (AvgIpc) is 2.62. The van der Waals surface area contributed by atoms with Gasteiger partial charge >= 0.3 is 0 Å². The molecule has 3 heteroatoms. The molecule has 1 aliphatic rings. The van der Waals surface area contributed by atoms with Gasteiger partial charge in [-0.2, -0.15) is 0 Å². The highest BCUT2D eigenvalue weighted by atomic mass is 16.5. The van der Waals surface area contributed by atoms with Crippen molar-refractivity contribution in [1.29, 1.82) is 0 Å². The molecule has 1 saturated heterocycles. The Labute approximate surface area is 138 Å². The van der Waals surface area contributed by atoms with Crippen LogP contribution < -0.4 is 14.8 Å². The molecule has 0 aromatic heterocycles. The lowest BCUT2D eigenvalue weighted by molar-refractivity contribution is 0.125. The maximum absolute atomic E-state index is 6.21. The predicted octanol–water partition coefficient (Wildman–Crippen LogP) is 4.03. The van der Waals surface area contributed by atoms with Crippen molar-refractivity contribution < 1.29 is 9.47 Å². The zero-order valence-electron chi connectivity index (χ0n) is 13.7. The van der Waals surface area contributed by atoms with Crippen molar-refractivity contribution in [2.24, 2.45) is 5.92 Å². The van der Waals surface area contributed by atoms with Crippen LogP contribution >= 0.6 is 0 Å². The van der Waals surface area contributed by atoms with E-state index in [-0.39, 0.29) is 6.10 Å². The number of rotatable bonds is 6. The standard InChI is InChI=1S/C20H25NO2/c1-16(18-10-7-13-21-14-18)23-20-12-6-5-11-19(20)22-15-17-8-3-2-4-9-17/h2-6,8-9,11-12,16,18,21H,7,10,13-15H2,1H3/t16-,18?/m0/s1. The molecular weight excluding hydrogens is 286 g/mol. The Morgan fingerprint density at radius 2 is 1.78 bits per heavy atom. The number of nitrogens with one attached hydrogen (secondary N) is 1. The van der Waals surface area contributed by atoms with Crippen molar-refractivity contribution in [3.8, 4) is 11.5 Å². The number of hydrogen-bond donors (Lipinski definition) is 1. The van der Waals surface area contributed by atoms with E-state index < -0.39 is 0 Å². The van der Waals surface area contributed by atoms with Crippen molar-refractivity contribution in [2.75, 3.05) is 13.1 Å². The summed E-state index contributed by atoms with van der Waals surface area (Å²) in [4.78, 5) is 0. The molecule has 1 N–H and O–H groups in total. The Hall–Kier alpha value is -2.00. The molecule has 2 aromatic rings. The quantitative estimate of drug-likeness (QED) is 0.873. The van der Waals surface area contributed by atoms with Crippen molar-refractivity contribution in [1.82, 2.24) is 5.32 Å². The first kappa shape index (κ1) is 15.9. The molecule has 23 heavy (non-hydrogen) atoms. The normalized spacial score (nSPS) is 19.1. The largest absolute Gasteiger partial charge is 0.486 e. The summed E-state index contributed by atoms with van der Waals surface area (Å²) < 4.78 is 12.2. The highest BCUT2D eigenvalue weighted by Crippen LogP contribution is 2.30. The molecule has 122 valence electrons. The van der Waals surface area contributed by atoms with Crippen molar-refractivity contribution in [2.45, 2.75) is 32.5 Å². The third-order valence-corrected chi connectivity index (χ3v) is 4.40. The molecule has 0 saturated carbocycles. The number of ether oxygens (including phenoxy) is 2. The highest BCUT2D eigenvalue weighted by Gasteiger charge is 2.22. The monoisotopic (exact) mass is 311 g/mol. The first-order valence-electron chi connectivity index (χ1n) is 8.46. The number of hydrogen-bond acceptors (Lipinski definition) is 3. The highest BCUT2D eigenvalue weighted by molar-refractivity contribution is 5.39. The summed E-state index contributed by atoms with van der Waals surface area (Å²) >= 11 is 0. The summed E-state index contributed by atoms with van der Waals surface area (Å²) in [6.45, 7) is 4.88. The smallest absolute Gasteiger partial charge is 0.161 e. The zero-order valence-corrected chi connectivity index (χ0v) is 13.7. The van der Waals surface area contributed by atoms with Crippen LogP contribution in [0, 0.1) is 5.92 Å². The van der Waals surface area contributed by atoms with E-state index in [4.69, 9.17) is 9.47 Å². The zero-order chi connectivity index (χ0) is 15.9. The maximum Gasteiger partial charge on any atom is 0.161 e. The van der Waals surface area contributed by atoms with Gasteiger partial charge in [0.05, 0.1) is 0 Å². The van der Waals surface area contributed by atoms with Gasteiger partial charge in [0.1, 0.15) is 12.7 Å². The van der Waals surface area contributed by atoms with Gasteiger partial charge in [-0.25, -0.2) is 0 Å². The third kappa shape index (κ3) is 4.49. The van der Waals surface area contributed by atoms with Gasteiger partial charge in [-0.3, -0.25) is 0 Å². The summed E-state index contributed by atoms with van der Waals surface area (Å²) in [6.07, 6.45) is 2.63. The van der Waals surface area contributed by atoms with E-state index in [2.05, 4.69) is 24.4 Å². The Bertz CT molecular complexity index is 594. The van der Waals surface area contributed by atoms with Gasteiger partial charge in [0, 0.05) is 12.5 Å². The number of para-hydroxylation sites is 2. The fourth-order valence-corrected chi connectivity index (χ4v) is 2.98. The minimum atomic E-state index is 0.185. The summed E-state index contributed by atoms with van der Waals surface area (Å²) in [6, 6.07) is 18.2. The molecule has 1 heterocycles. The fourth-order valence-electron chi connectivity index (χ4n) is 2.98. The van der Waals surface area contributed by atoms with Crippen LogP contribution in [-0.4, -0.2) is 19.2 Å². The SMILES string of the molecule is C[C@H](Oc1ccccc1OCc1ccccc1)C1CCCNC1. The molecule has 2 atom stereocenters. The Kier molecular flexibility index (Phi) is 5.54. The van der Waals surface area contributed by atoms with Gasteiger partial charge < -0.3 is 14.8 Å². The number of benzene rings is 2. The molecule has 2 aromatic carbocycles. The summed E-state index contributed by atoms with van der Waals surface area (Å²) in [5, 5.41) is 3.45. The van der Waals surface area contributed by atoms with E-state index in [0.29, 0.717) is 12.5 Å². The van der Waals surface area contributed by atoms with Crippen LogP contribution in [-0.2, 0) is 6.61 Å². The predicted molar refractivity (Wildman–Crippen MR) is 92.9 cm³/mol. The first-order valence-corrected chi connectivity index (χ1v) is 8.46. The van der Waals surface area contributed by atoms with E-state index in [1.807, 2.05) is 42.5 Å². The van der Waals surface area contributed by atoms with Crippen LogP contribution in [0.25, 0.3) is 0 Å². The molecule has 3 nitrogen and oxygen atoms in total.